The lowest BCUT2D eigenvalue weighted by Gasteiger charge is -2.36. The molecule has 4 atom stereocenters. The van der Waals surface area contributed by atoms with E-state index in [0.29, 0.717) is 33.5 Å². The van der Waals surface area contributed by atoms with Crippen LogP contribution in [0.3, 0.4) is 0 Å². The average Bonchev–Trinajstić information content (AvgIpc) is 3.42. The summed E-state index contributed by atoms with van der Waals surface area (Å²) in [7, 11) is 0. The van der Waals surface area contributed by atoms with Crippen molar-refractivity contribution in [1.82, 2.24) is 4.90 Å². The minimum absolute atomic E-state index is 0.205. The molecule has 0 saturated carbocycles. The number of benzene rings is 2. The molecule has 1 N–H and O–H groups in total. The molecule has 1 spiro atoms. The van der Waals surface area contributed by atoms with E-state index in [1.54, 1.807) is 18.2 Å². The summed E-state index contributed by atoms with van der Waals surface area (Å²) in [5.41, 5.74) is 1.12. The zero-order valence-corrected chi connectivity index (χ0v) is 19.3. The summed E-state index contributed by atoms with van der Waals surface area (Å²) in [5.74, 6) is -2.53. The molecule has 4 aliphatic heterocycles. The zero-order chi connectivity index (χ0) is 22.5. The molecule has 6 rings (SSSR count). The van der Waals surface area contributed by atoms with Gasteiger partial charge in [0, 0.05) is 16.6 Å². The molecule has 2 aromatic carbocycles. The van der Waals surface area contributed by atoms with Crippen LogP contribution in [0.5, 0.6) is 0 Å². The lowest BCUT2D eigenvalue weighted by Crippen LogP contribution is -2.54. The predicted octanol–water partition coefficient (Wildman–Crippen LogP) is 4.39. The van der Waals surface area contributed by atoms with Crippen LogP contribution in [0.4, 0.5) is 11.4 Å². The van der Waals surface area contributed by atoms with Crippen LogP contribution < -0.4 is 10.2 Å². The Morgan fingerprint density at radius 3 is 2.56 bits per heavy atom. The Morgan fingerprint density at radius 1 is 1.03 bits per heavy atom. The Kier molecular flexibility index (Phi) is 4.29. The van der Waals surface area contributed by atoms with Crippen molar-refractivity contribution in [3.63, 3.8) is 0 Å². The molecule has 9 heteroatoms. The molecule has 0 bridgehead atoms. The summed E-state index contributed by atoms with van der Waals surface area (Å²) in [6, 6.07) is 8.16. The molecule has 2 aromatic rings. The Labute approximate surface area is 199 Å². The molecule has 32 heavy (non-hydrogen) atoms. The average molecular weight is 491 g/mol. The maximum absolute atomic E-state index is 13.9. The van der Waals surface area contributed by atoms with E-state index in [4.69, 9.17) is 34.8 Å². The number of imide groups is 1. The van der Waals surface area contributed by atoms with Gasteiger partial charge in [0.2, 0.25) is 11.8 Å². The van der Waals surface area contributed by atoms with E-state index >= 15 is 0 Å². The summed E-state index contributed by atoms with van der Waals surface area (Å²) in [4.78, 5) is 44.5. The quantitative estimate of drug-likeness (QED) is 0.602. The van der Waals surface area contributed by atoms with Gasteiger partial charge in [-0.25, -0.2) is 4.90 Å². The van der Waals surface area contributed by atoms with Gasteiger partial charge in [0.05, 0.1) is 33.3 Å². The molecule has 0 radical (unpaired) electrons. The van der Waals surface area contributed by atoms with Gasteiger partial charge in [0.15, 0.2) is 0 Å². The van der Waals surface area contributed by atoms with Crippen LogP contribution in [0, 0.1) is 18.8 Å². The highest BCUT2D eigenvalue weighted by molar-refractivity contribution is 6.39. The van der Waals surface area contributed by atoms with Crippen LogP contribution in [0.2, 0.25) is 15.1 Å². The van der Waals surface area contributed by atoms with Gasteiger partial charge in [0.1, 0.15) is 5.54 Å². The number of hydrogen-bond acceptors (Lipinski definition) is 4. The Bertz CT molecular complexity index is 1250. The lowest BCUT2D eigenvalue weighted by atomic mass is 9.75. The summed E-state index contributed by atoms with van der Waals surface area (Å²) in [6.45, 7) is 2.54. The monoisotopic (exact) mass is 489 g/mol. The van der Waals surface area contributed by atoms with E-state index in [9.17, 15) is 14.4 Å². The van der Waals surface area contributed by atoms with Crippen molar-refractivity contribution < 1.29 is 14.4 Å². The summed E-state index contributed by atoms with van der Waals surface area (Å²) in [6.07, 6.45) is 1.59. The second-order valence-electron chi connectivity index (χ2n) is 8.90. The van der Waals surface area contributed by atoms with E-state index < -0.39 is 23.3 Å². The molecule has 0 aromatic heterocycles. The van der Waals surface area contributed by atoms with Crippen molar-refractivity contribution in [2.75, 3.05) is 16.8 Å². The second kappa shape index (κ2) is 6.70. The van der Waals surface area contributed by atoms with Crippen molar-refractivity contribution in [1.29, 1.82) is 0 Å². The predicted molar refractivity (Wildman–Crippen MR) is 122 cm³/mol. The molecule has 4 heterocycles. The van der Waals surface area contributed by atoms with Crippen molar-refractivity contribution in [3.05, 3.63) is 56.5 Å². The van der Waals surface area contributed by atoms with Gasteiger partial charge in [-0.1, -0.05) is 40.9 Å². The second-order valence-corrected chi connectivity index (χ2v) is 10.2. The molecular formula is C23H18Cl3N3O3. The van der Waals surface area contributed by atoms with E-state index in [-0.39, 0.29) is 22.9 Å². The number of amides is 3. The molecule has 0 aliphatic carbocycles. The van der Waals surface area contributed by atoms with Gasteiger partial charge >= 0.3 is 0 Å². The number of nitrogens with one attached hydrogen (secondary N) is 1. The number of carbonyl (C=O) groups excluding carboxylic acids is 3. The fraction of sp³-hybridized carbons (Fsp3) is 0.348. The van der Waals surface area contributed by atoms with E-state index in [0.717, 1.165) is 23.3 Å². The van der Waals surface area contributed by atoms with Gasteiger partial charge in [-0.2, -0.15) is 0 Å². The number of nitrogens with zero attached hydrogens (tertiary/aromatic N) is 2. The summed E-state index contributed by atoms with van der Waals surface area (Å²) in [5, 5.41) is 3.97. The molecule has 0 unspecified atom stereocenters. The Balaban J connectivity index is 1.58. The molecule has 3 saturated heterocycles. The molecular weight excluding hydrogens is 473 g/mol. The third-order valence-electron chi connectivity index (χ3n) is 7.35. The number of anilines is 2. The smallest absolute Gasteiger partial charge is 0.250 e. The lowest BCUT2D eigenvalue weighted by molar-refractivity contribution is -0.135. The Hall–Kier alpha value is -2.12. The van der Waals surface area contributed by atoms with Crippen molar-refractivity contribution in [2.24, 2.45) is 11.8 Å². The maximum atomic E-state index is 13.9. The van der Waals surface area contributed by atoms with E-state index in [1.165, 1.54) is 6.07 Å². The van der Waals surface area contributed by atoms with Crippen molar-refractivity contribution in [2.45, 2.75) is 31.3 Å². The minimum Gasteiger partial charge on any atom is -0.323 e. The topological polar surface area (TPSA) is 69.7 Å². The number of halogens is 3. The van der Waals surface area contributed by atoms with Crippen LogP contribution in [-0.4, -0.2) is 35.2 Å². The third kappa shape index (κ3) is 2.34. The van der Waals surface area contributed by atoms with E-state index in [1.807, 2.05) is 13.0 Å². The van der Waals surface area contributed by atoms with Gasteiger partial charge in [0.25, 0.3) is 5.91 Å². The zero-order valence-electron chi connectivity index (χ0n) is 17.0. The molecule has 3 amide bonds. The standard InChI is InChI=1S/C23H18Cl3N3O3/c1-10-7-12-19(14(26)8-10)27-22(32)23(12)18-17(16-3-2-6-28(16)23)20(30)29(21(18)31)15-5-4-11(24)9-13(15)25/h4-5,7-9,16-18H,2-3,6H2,1H3,(H,27,32)/t16-,17+,18+,23-/m1/s1. The van der Waals surface area contributed by atoms with Gasteiger partial charge in [-0.15, -0.1) is 0 Å². The number of fused-ring (bicyclic) bond motifs is 7. The summed E-state index contributed by atoms with van der Waals surface area (Å²) >= 11 is 18.9. The number of carbonyl (C=O) groups is 3. The van der Waals surface area contributed by atoms with Crippen LogP contribution in [0.15, 0.2) is 30.3 Å². The first-order valence-electron chi connectivity index (χ1n) is 10.5. The highest BCUT2D eigenvalue weighted by Crippen LogP contribution is 2.61. The first-order valence-corrected chi connectivity index (χ1v) is 11.6. The first kappa shape index (κ1) is 20.5. The normalized spacial score (nSPS) is 30.8. The third-order valence-corrected chi connectivity index (χ3v) is 8.18. The van der Waals surface area contributed by atoms with Crippen molar-refractivity contribution >= 4 is 63.9 Å². The highest BCUT2D eigenvalue weighted by atomic mass is 35.5. The van der Waals surface area contributed by atoms with Gasteiger partial charge < -0.3 is 5.32 Å². The molecule has 6 nitrogen and oxygen atoms in total. The molecule has 4 aliphatic rings. The van der Waals surface area contributed by atoms with E-state index in [2.05, 4.69) is 10.2 Å². The number of rotatable bonds is 1. The fourth-order valence-corrected chi connectivity index (χ4v) is 7.11. The van der Waals surface area contributed by atoms with Crippen LogP contribution >= 0.6 is 34.8 Å². The largest absolute Gasteiger partial charge is 0.323 e. The van der Waals surface area contributed by atoms with Crippen LogP contribution in [0.25, 0.3) is 0 Å². The first-order chi connectivity index (χ1) is 15.3. The van der Waals surface area contributed by atoms with Crippen molar-refractivity contribution in [3.8, 4) is 0 Å². The summed E-state index contributed by atoms with van der Waals surface area (Å²) < 4.78 is 0. The molecule has 164 valence electrons. The molecule has 3 fully saturated rings. The minimum atomic E-state index is -1.27. The number of hydrogen-bond donors (Lipinski definition) is 1. The highest BCUT2D eigenvalue weighted by Gasteiger charge is 2.74. The van der Waals surface area contributed by atoms with Crippen LogP contribution in [-0.2, 0) is 19.9 Å². The van der Waals surface area contributed by atoms with Gasteiger partial charge in [-0.3, -0.25) is 19.3 Å². The van der Waals surface area contributed by atoms with Crippen LogP contribution in [0.1, 0.15) is 24.0 Å². The van der Waals surface area contributed by atoms with Gasteiger partial charge in [-0.05, 0) is 56.1 Å². The Morgan fingerprint density at radius 2 is 1.81 bits per heavy atom. The maximum Gasteiger partial charge on any atom is 0.250 e. The fourth-order valence-electron chi connectivity index (χ4n) is 6.30. The number of aryl methyl sites for hydroxylation is 1. The SMILES string of the molecule is Cc1cc(Cl)c2c(c1)[C@]1(C(=O)N2)[C@@H]2C(=O)N(c3ccc(Cl)cc3Cl)C(=O)[C@H]2[C@H]2CCCN21.